The number of hydrogen-bond acceptors (Lipinski definition) is 2. The van der Waals surface area contributed by atoms with E-state index >= 15 is 0 Å². The van der Waals surface area contributed by atoms with Crippen molar-refractivity contribution in [2.45, 2.75) is 0 Å². The molecule has 0 atom stereocenters. The molecule has 16 heavy (non-hydrogen) atoms. The molecule has 1 saturated heterocycles. The smallest absolute Gasteiger partial charge is 0.251 e. The minimum Gasteiger partial charge on any atom is -0.352 e. The molecule has 0 aromatic heterocycles. The monoisotopic (exact) mass is 442 g/mol. The highest BCUT2D eigenvalue weighted by atomic mass is 127. The van der Waals surface area contributed by atoms with Gasteiger partial charge in [-0.15, -0.1) is 0 Å². The Morgan fingerprint density at radius 2 is 2.00 bits per heavy atom. The Kier molecular flexibility index (Phi) is 4.42. The largest absolute Gasteiger partial charge is 0.352 e. The van der Waals surface area contributed by atoms with Gasteiger partial charge in [0.2, 0.25) is 0 Å². The fourth-order valence-corrected chi connectivity index (χ4v) is 3.05. The van der Waals surface area contributed by atoms with E-state index in [-0.39, 0.29) is 5.91 Å². The molecule has 0 radical (unpaired) electrons. The summed E-state index contributed by atoms with van der Waals surface area (Å²) in [5, 5.41) is 2.97. The van der Waals surface area contributed by atoms with Crippen molar-refractivity contribution < 1.29 is 4.79 Å². The van der Waals surface area contributed by atoms with E-state index in [1.165, 1.54) is 0 Å². The summed E-state index contributed by atoms with van der Waals surface area (Å²) in [4.78, 5) is 11.8. The minimum absolute atomic E-state index is 0.0308. The van der Waals surface area contributed by atoms with Gasteiger partial charge in [0.05, 0.1) is 0 Å². The maximum Gasteiger partial charge on any atom is 0.251 e. The van der Waals surface area contributed by atoms with Crippen LogP contribution in [0.5, 0.6) is 0 Å². The summed E-state index contributed by atoms with van der Waals surface area (Å²) in [6.07, 6.45) is 0. The van der Waals surface area contributed by atoms with Gasteiger partial charge in [0.25, 0.3) is 5.91 Å². The first-order valence-corrected chi connectivity index (χ1v) is 7.14. The first-order chi connectivity index (χ1) is 7.65. The highest BCUT2D eigenvalue weighted by Crippen LogP contribution is 2.18. The Labute approximate surface area is 123 Å². The van der Waals surface area contributed by atoms with E-state index < -0.39 is 0 Å². The van der Waals surface area contributed by atoms with E-state index in [1.54, 1.807) is 0 Å². The molecule has 2 rings (SSSR count). The summed E-state index contributed by atoms with van der Waals surface area (Å²) in [7, 11) is 0. The van der Waals surface area contributed by atoms with Gasteiger partial charge < -0.3 is 5.32 Å². The summed E-state index contributed by atoms with van der Waals surface area (Å²) < 4.78 is 3.37. The topological polar surface area (TPSA) is 32.3 Å². The van der Waals surface area contributed by atoms with Crippen molar-refractivity contribution in [2.75, 3.05) is 19.6 Å². The molecule has 1 aromatic rings. The maximum atomic E-state index is 11.8. The van der Waals surface area contributed by atoms with Gasteiger partial charge in [-0.1, -0.05) is 0 Å². The Morgan fingerprint density at radius 1 is 1.38 bits per heavy atom. The zero-order valence-electron chi connectivity index (χ0n) is 8.62. The average molecular weight is 442 g/mol. The molecule has 1 heterocycles. The zero-order chi connectivity index (χ0) is 11.5. The lowest BCUT2D eigenvalue weighted by atomic mass is 10.0. The van der Waals surface area contributed by atoms with Crippen LogP contribution >= 0.6 is 45.5 Å². The zero-order valence-corrected chi connectivity index (χ0v) is 12.9. The molecule has 0 saturated carbocycles. The molecule has 1 aromatic carbocycles. The molecule has 86 valence electrons. The number of halogens is 2. The Hall–Kier alpha value is 0.110. The minimum atomic E-state index is 0.0308. The van der Waals surface area contributed by atoms with Gasteiger partial charge in [-0.25, -0.2) is 3.11 Å². The van der Waals surface area contributed by atoms with Crippen molar-refractivity contribution in [2.24, 2.45) is 5.92 Å². The van der Waals surface area contributed by atoms with E-state index in [1.807, 2.05) is 24.3 Å². The quantitative estimate of drug-likeness (QED) is 0.576. The van der Waals surface area contributed by atoms with Gasteiger partial charge in [-0.2, -0.15) is 0 Å². The number of amides is 1. The molecular formula is C11H12I2N2O. The van der Waals surface area contributed by atoms with Gasteiger partial charge in [-0.3, -0.25) is 4.79 Å². The van der Waals surface area contributed by atoms with Crippen molar-refractivity contribution in [3.05, 3.63) is 33.4 Å². The van der Waals surface area contributed by atoms with Gasteiger partial charge in [-0.05, 0) is 46.9 Å². The van der Waals surface area contributed by atoms with Crippen LogP contribution < -0.4 is 5.32 Å². The number of benzene rings is 1. The second-order valence-electron chi connectivity index (χ2n) is 3.91. The van der Waals surface area contributed by atoms with Crippen LogP contribution in [0.4, 0.5) is 0 Å². The molecule has 3 nitrogen and oxygen atoms in total. The molecule has 0 spiro atoms. The normalized spacial score (nSPS) is 16.9. The van der Waals surface area contributed by atoms with Crippen LogP contribution in [0.3, 0.4) is 0 Å². The van der Waals surface area contributed by atoms with Crippen molar-refractivity contribution in [3.63, 3.8) is 0 Å². The highest BCUT2D eigenvalue weighted by Gasteiger charge is 2.24. The Bertz CT molecular complexity index is 374. The summed E-state index contributed by atoms with van der Waals surface area (Å²) in [6.45, 7) is 2.94. The molecule has 0 aliphatic carbocycles. The molecule has 0 unspecified atom stereocenters. The molecule has 1 amide bonds. The first-order valence-electron chi connectivity index (χ1n) is 5.09. The van der Waals surface area contributed by atoms with Crippen molar-refractivity contribution >= 4 is 51.4 Å². The predicted octanol–water partition coefficient (Wildman–Crippen LogP) is 2.30. The number of nitrogens with one attached hydrogen (secondary N) is 1. The summed E-state index contributed by atoms with van der Waals surface area (Å²) in [5.41, 5.74) is 0.742. The molecular weight excluding hydrogens is 430 g/mol. The maximum absolute atomic E-state index is 11.8. The number of nitrogens with zero attached hydrogens (tertiary/aromatic N) is 1. The van der Waals surface area contributed by atoms with Gasteiger partial charge in [0.15, 0.2) is 0 Å². The van der Waals surface area contributed by atoms with Crippen molar-refractivity contribution in [3.8, 4) is 0 Å². The first kappa shape index (κ1) is 12.6. The van der Waals surface area contributed by atoms with Crippen molar-refractivity contribution in [1.82, 2.24) is 8.43 Å². The van der Waals surface area contributed by atoms with Crippen LogP contribution in [-0.4, -0.2) is 28.7 Å². The third-order valence-corrected chi connectivity index (χ3v) is 4.08. The number of carbonyl (C=O) groups excluding carboxylic acids is 1. The van der Waals surface area contributed by atoms with E-state index in [2.05, 4.69) is 53.9 Å². The molecule has 1 N–H and O–H groups in total. The second-order valence-corrected chi connectivity index (χ2v) is 6.52. The van der Waals surface area contributed by atoms with E-state index in [0.717, 1.165) is 28.8 Å². The van der Waals surface area contributed by atoms with Gasteiger partial charge in [0, 0.05) is 57.6 Å². The molecule has 5 heteroatoms. The van der Waals surface area contributed by atoms with Crippen LogP contribution in [0.2, 0.25) is 0 Å². The number of carbonyl (C=O) groups is 1. The molecule has 0 bridgehead atoms. The third-order valence-electron chi connectivity index (χ3n) is 2.57. The SMILES string of the molecule is O=C(NCC1CN(I)C1)c1ccc(I)cc1. The van der Waals surface area contributed by atoms with Crippen LogP contribution in [0.25, 0.3) is 0 Å². The lowest BCUT2D eigenvalue weighted by Gasteiger charge is -2.34. The molecule has 1 aliphatic heterocycles. The fourth-order valence-electron chi connectivity index (χ4n) is 1.58. The van der Waals surface area contributed by atoms with E-state index in [0.29, 0.717) is 5.92 Å². The summed E-state index contributed by atoms with van der Waals surface area (Å²) in [6, 6.07) is 7.63. The van der Waals surface area contributed by atoms with Crippen LogP contribution in [-0.2, 0) is 0 Å². The fraction of sp³-hybridized carbons (Fsp3) is 0.364. The predicted molar refractivity (Wildman–Crippen MR) is 80.6 cm³/mol. The average Bonchev–Trinajstić information content (AvgIpc) is 2.23. The lowest BCUT2D eigenvalue weighted by Crippen LogP contribution is -2.46. The number of hydrogen-bond donors (Lipinski definition) is 1. The third kappa shape index (κ3) is 3.30. The van der Waals surface area contributed by atoms with E-state index in [9.17, 15) is 4.79 Å². The van der Waals surface area contributed by atoms with Crippen LogP contribution in [0.15, 0.2) is 24.3 Å². The van der Waals surface area contributed by atoms with Crippen LogP contribution in [0, 0.1) is 9.49 Å². The highest BCUT2D eigenvalue weighted by molar-refractivity contribution is 14.1. The second kappa shape index (κ2) is 5.63. The summed E-state index contributed by atoms with van der Waals surface area (Å²) in [5.74, 6) is 0.646. The van der Waals surface area contributed by atoms with E-state index in [4.69, 9.17) is 0 Å². The van der Waals surface area contributed by atoms with Crippen LogP contribution in [0.1, 0.15) is 10.4 Å². The summed E-state index contributed by atoms with van der Waals surface area (Å²) >= 11 is 4.53. The number of rotatable bonds is 3. The van der Waals surface area contributed by atoms with Crippen molar-refractivity contribution in [1.29, 1.82) is 0 Å². The van der Waals surface area contributed by atoms with Gasteiger partial charge in [0.1, 0.15) is 0 Å². The standard InChI is InChI=1S/C11H12I2N2O/c12-10-3-1-9(2-4-10)11(16)14-5-8-6-15(13)7-8/h1-4,8H,5-7H2,(H,14,16). The Balaban J connectivity index is 1.81. The lowest BCUT2D eigenvalue weighted by molar-refractivity contribution is 0.0934. The molecule has 1 fully saturated rings. The Morgan fingerprint density at radius 3 is 2.56 bits per heavy atom. The van der Waals surface area contributed by atoms with Gasteiger partial charge >= 0.3 is 0 Å². The molecule has 1 aliphatic rings.